The average Bonchev–Trinajstić information content (AvgIpc) is 2.28. The molecular formula is C12H21N3O4. The molecule has 0 aromatic heterocycles. The Morgan fingerprint density at radius 2 is 2.00 bits per heavy atom. The minimum Gasteiger partial charge on any atom is -0.480 e. The zero-order chi connectivity index (χ0) is 14.5. The lowest BCUT2D eigenvalue weighted by molar-refractivity contribution is -0.139. The number of urea groups is 1. The number of carbonyl (C=O) groups is 3. The Bertz CT molecular complexity index is 366. The van der Waals surface area contributed by atoms with E-state index in [1.54, 1.807) is 0 Å². The van der Waals surface area contributed by atoms with E-state index in [1.807, 2.05) is 0 Å². The summed E-state index contributed by atoms with van der Waals surface area (Å²) in [6.45, 7) is 2.61. The lowest BCUT2D eigenvalue weighted by Crippen LogP contribution is -2.49. The van der Waals surface area contributed by atoms with Crippen LogP contribution < -0.4 is 16.4 Å². The summed E-state index contributed by atoms with van der Waals surface area (Å²) in [5.74, 6) is -1.76. The van der Waals surface area contributed by atoms with E-state index < -0.39 is 23.9 Å². The van der Waals surface area contributed by atoms with Gasteiger partial charge in [-0.15, -0.1) is 0 Å². The molecule has 0 spiro atoms. The highest BCUT2D eigenvalue weighted by Gasteiger charge is 2.32. The Hall–Kier alpha value is -1.79. The SMILES string of the molecule is CC1(CNC(=O)N[C@@H](CCC(N)=O)C(=O)O)CCC1. The number of amides is 3. The Labute approximate surface area is 111 Å². The van der Waals surface area contributed by atoms with Crippen LogP contribution in [-0.2, 0) is 9.59 Å². The molecule has 0 aromatic carbocycles. The van der Waals surface area contributed by atoms with Crippen molar-refractivity contribution in [3.05, 3.63) is 0 Å². The summed E-state index contributed by atoms with van der Waals surface area (Å²) in [5.41, 5.74) is 5.08. The Balaban J connectivity index is 2.33. The molecule has 0 heterocycles. The van der Waals surface area contributed by atoms with Crippen LogP contribution in [0.5, 0.6) is 0 Å². The van der Waals surface area contributed by atoms with Gasteiger partial charge in [0, 0.05) is 13.0 Å². The molecule has 1 atom stereocenters. The number of carbonyl (C=O) groups excluding carboxylic acids is 2. The third-order valence-electron chi connectivity index (χ3n) is 3.52. The largest absolute Gasteiger partial charge is 0.480 e. The zero-order valence-electron chi connectivity index (χ0n) is 11.1. The predicted molar refractivity (Wildman–Crippen MR) is 68.3 cm³/mol. The summed E-state index contributed by atoms with van der Waals surface area (Å²) in [6, 6.07) is -1.62. The smallest absolute Gasteiger partial charge is 0.326 e. The molecule has 1 aliphatic rings. The highest BCUT2D eigenvalue weighted by molar-refractivity contribution is 5.83. The average molecular weight is 271 g/mol. The minimum atomic E-state index is -1.17. The van der Waals surface area contributed by atoms with Crippen LogP contribution in [0.4, 0.5) is 4.79 Å². The highest BCUT2D eigenvalue weighted by atomic mass is 16.4. The molecule has 0 radical (unpaired) electrons. The summed E-state index contributed by atoms with van der Waals surface area (Å²) in [4.78, 5) is 33.1. The number of carboxylic acids is 1. The molecule has 0 saturated heterocycles. The van der Waals surface area contributed by atoms with E-state index in [4.69, 9.17) is 10.8 Å². The lowest BCUT2D eigenvalue weighted by atomic mass is 9.70. The molecule has 1 fully saturated rings. The first-order valence-electron chi connectivity index (χ1n) is 6.38. The quantitative estimate of drug-likeness (QED) is 0.528. The number of primary amides is 1. The number of rotatable bonds is 7. The number of hydrogen-bond donors (Lipinski definition) is 4. The standard InChI is InChI=1S/C12H21N3O4/c1-12(5-2-6-12)7-14-11(19)15-8(10(17)18)3-4-9(13)16/h8H,2-7H2,1H3,(H2,13,16)(H,17,18)(H2,14,15,19)/t8-/m0/s1. The van der Waals surface area contributed by atoms with Crippen LogP contribution in [0.1, 0.15) is 39.0 Å². The van der Waals surface area contributed by atoms with Gasteiger partial charge in [-0.05, 0) is 24.7 Å². The molecule has 1 aliphatic carbocycles. The molecule has 19 heavy (non-hydrogen) atoms. The van der Waals surface area contributed by atoms with E-state index in [9.17, 15) is 14.4 Å². The van der Waals surface area contributed by atoms with Gasteiger partial charge >= 0.3 is 12.0 Å². The van der Waals surface area contributed by atoms with Crippen molar-refractivity contribution in [1.82, 2.24) is 10.6 Å². The topological polar surface area (TPSA) is 122 Å². The molecule has 0 aromatic rings. The van der Waals surface area contributed by atoms with Crippen LogP contribution >= 0.6 is 0 Å². The van der Waals surface area contributed by atoms with Crippen molar-refractivity contribution < 1.29 is 19.5 Å². The fraction of sp³-hybridized carbons (Fsp3) is 0.750. The van der Waals surface area contributed by atoms with Crippen molar-refractivity contribution in [1.29, 1.82) is 0 Å². The van der Waals surface area contributed by atoms with Crippen LogP contribution in [0, 0.1) is 5.41 Å². The maximum absolute atomic E-state index is 11.6. The van der Waals surface area contributed by atoms with E-state index in [0.29, 0.717) is 6.54 Å². The second-order valence-corrected chi connectivity index (χ2v) is 5.39. The fourth-order valence-corrected chi connectivity index (χ4v) is 2.00. The van der Waals surface area contributed by atoms with E-state index >= 15 is 0 Å². The van der Waals surface area contributed by atoms with Gasteiger partial charge < -0.3 is 21.5 Å². The molecule has 1 saturated carbocycles. The second kappa shape index (κ2) is 6.40. The van der Waals surface area contributed by atoms with Gasteiger partial charge in [0.25, 0.3) is 0 Å². The van der Waals surface area contributed by atoms with Crippen LogP contribution in [0.2, 0.25) is 0 Å². The molecule has 0 unspecified atom stereocenters. The number of nitrogens with two attached hydrogens (primary N) is 1. The van der Waals surface area contributed by atoms with Gasteiger partial charge in [0.2, 0.25) is 5.91 Å². The van der Waals surface area contributed by atoms with Crippen LogP contribution in [-0.4, -0.2) is 35.6 Å². The highest BCUT2D eigenvalue weighted by Crippen LogP contribution is 2.39. The molecule has 3 amide bonds. The molecular weight excluding hydrogens is 250 g/mol. The molecule has 1 rings (SSSR count). The van der Waals surface area contributed by atoms with Gasteiger partial charge in [-0.1, -0.05) is 13.3 Å². The Kier molecular flexibility index (Phi) is 5.14. The van der Waals surface area contributed by atoms with E-state index in [0.717, 1.165) is 19.3 Å². The zero-order valence-corrected chi connectivity index (χ0v) is 11.1. The van der Waals surface area contributed by atoms with Gasteiger partial charge in [0.05, 0.1) is 0 Å². The molecule has 108 valence electrons. The van der Waals surface area contributed by atoms with E-state index in [1.165, 1.54) is 0 Å². The van der Waals surface area contributed by atoms with Gasteiger partial charge in [-0.2, -0.15) is 0 Å². The van der Waals surface area contributed by atoms with E-state index in [2.05, 4.69) is 17.6 Å². The maximum atomic E-state index is 11.6. The van der Waals surface area contributed by atoms with E-state index in [-0.39, 0.29) is 18.3 Å². The molecule has 0 aliphatic heterocycles. The molecule has 0 bridgehead atoms. The number of aliphatic carboxylic acids is 1. The first-order valence-corrected chi connectivity index (χ1v) is 6.38. The van der Waals surface area contributed by atoms with Crippen molar-refractivity contribution >= 4 is 17.9 Å². The summed E-state index contributed by atoms with van der Waals surface area (Å²) in [6.07, 6.45) is 3.22. The van der Waals surface area contributed by atoms with Gasteiger partial charge in [0.15, 0.2) is 0 Å². The Morgan fingerprint density at radius 1 is 1.37 bits per heavy atom. The third kappa shape index (κ3) is 5.15. The first-order chi connectivity index (χ1) is 8.82. The van der Waals surface area contributed by atoms with Gasteiger partial charge in [-0.3, -0.25) is 4.79 Å². The first kappa shape index (κ1) is 15.3. The maximum Gasteiger partial charge on any atom is 0.326 e. The van der Waals surface area contributed by atoms with Crippen molar-refractivity contribution in [2.24, 2.45) is 11.1 Å². The minimum absolute atomic E-state index is 0.00461. The molecule has 5 N–H and O–H groups in total. The summed E-state index contributed by atoms with van der Waals surface area (Å²) in [5, 5.41) is 13.9. The summed E-state index contributed by atoms with van der Waals surface area (Å²) in [7, 11) is 0. The van der Waals surface area contributed by atoms with Crippen molar-refractivity contribution in [3.8, 4) is 0 Å². The number of carboxylic acid groups (broad SMARTS) is 1. The number of nitrogens with one attached hydrogen (secondary N) is 2. The van der Waals surface area contributed by atoms with Crippen LogP contribution in [0.15, 0.2) is 0 Å². The monoisotopic (exact) mass is 271 g/mol. The predicted octanol–water partition coefficient (Wildman–Crippen LogP) is 0.194. The third-order valence-corrected chi connectivity index (χ3v) is 3.52. The molecule has 7 heteroatoms. The summed E-state index contributed by atoms with van der Waals surface area (Å²) < 4.78 is 0. The summed E-state index contributed by atoms with van der Waals surface area (Å²) >= 11 is 0. The normalized spacial score (nSPS) is 17.9. The Morgan fingerprint density at radius 3 is 2.42 bits per heavy atom. The number of hydrogen-bond acceptors (Lipinski definition) is 3. The van der Waals surface area contributed by atoms with Gasteiger partial charge in [-0.25, -0.2) is 9.59 Å². The van der Waals surface area contributed by atoms with Crippen molar-refractivity contribution in [3.63, 3.8) is 0 Å². The fourth-order valence-electron chi connectivity index (χ4n) is 2.00. The van der Waals surface area contributed by atoms with Crippen LogP contribution in [0.25, 0.3) is 0 Å². The lowest BCUT2D eigenvalue weighted by Gasteiger charge is -2.38. The van der Waals surface area contributed by atoms with Crippen molar-refractivity contribution in [2.45, 2.75) is 45.1 Å². The molecule has 7 nitrogen and oxygen atoms in total. The van der Waals surface area contributed by atoms with Crippen LogP contribution in [0.3, 0.4) is 0 Å². The second-order valence-electron chi connectivity index (χ2n) is 5.39. The van der Waals surface area contributed by atoms with Crippen molar-refractivity contribution in [2.75, 3.05) is 6.54 Å². The van der Waals surface area contributed by atoms with Gasteiger partial charge in [0.1, 0.15) is 6.04 Å².